The molecular weight excluding hydrogens is 1860 g/mol. The molecule has 3 bridgehead atoms. The second kappa shape index (κ2) is 50.7. The molecule has 2 aromatic heterocycles. The number of hydrogen-bond acceptors (Lipinski definition) is 23. The molecule has 3 saturated heterocycles. The van der Waals surface area contributed by atoms with Gasteiger partial charge >= 0.3 is 24.0 Å². The Morgan fingerprint density at radius 2 is 1.04 bits per heavy atom. The average Bonchev–Trinajstić information content (AvgIpc) is 1.66. The van der Waals surface area contributed by atoms with Gasteiger partial charge in [0.2, 0.25) is 94.5 Å². The highest BCUT2D eigenvalue weighted by Gasteiger charge is 2.53. The monoisotopic (exact) mass is 1990 g/mol. The van der Waals surface area contributed by atoms with Crippen LogP contribution in [0.15, 0.2) is 125 Å². The van der Waals surface area contributed by atoms with Gasteiger partial charge in [-0.2, -0.15) is 11.3 Å². The van der Waals surface area contributed by atoms with Crippen LogP contribution >= 0.6 is 22.7 Å². The number of cyclic esters (lactones) is 1. The molecule has 5 aliphatic rings. The molecule has 141 heavy (non-hydrogen) atoms. The zero-order valence-electron chi connectivity index (χ0n) is 79.7. The molecule has 7 heterocycles. The summed E-state index contributed by atoms with van der Waals surface area (Å²) in [7, 11) is 0. The molecule has 17 amide bonds. The van der Waals surface area contributed by atoms with Crippen LogP contribution in [-0.2, 0) is 117 Å². The molecule has 19 N–H and O–H groups in total. The largest absolute Gasteiger partial charge is 0.481 e. The fraction of sp³-hybridized carbons (Fsp3) is 0.510. The van der Waals surface area contributed by atoms with Gasteiger partial charge < -0.3 is 110 Å². The summed E-state index contributed by atoms with van der Waals surface area (Å²) >= 11 is 2.65. The predicted octanol–water partition coefficient (Wildman–Crippen LogP) is 2.84. The number of likely N-dealkylation sites (tertiary alicyclic amines) is 1. The third kappa shape index (κ3) is 31.2. The van der Waals surface area contributed by atoms with Crippen LogP contribution in [-0.4, -0.2) is 259 Å². The fourth-order valence-electron chi connectivity index (χ4n) is 17.8. The lowest BCUT2D eigenvalue weighted by Crippen LogP contribution is -2.66. The van der Waals surface area contributed by atoms with E-state index in [-0.39, 0.29) is 166 Å². The van der Waals surface area contributed by atoms with Crippen molar-refractivity contribution in [2.45, 2.75) is 279 Å². The van der Waals surface area contributed by atoms with Crippen molar-refractivity contribution in [3.63, 3.8) is 0 Å². The number of carbonyl (C=O) groups excluding carboxylic acids is 17. The number of ether oxygens (including phenoxy) is 1. The number of carboxylic acid groups (broad SMARTS) is 3. The van der Waals surface area contributed by atoms with E-state index in [0.29, 0.717) is 23.1 Å². The SMILES string of the molecule is CC(=O)N1CCC[C@]12C/C=C/CCC[C@]1(CCC/C=C/CCCOC(=O)N3CC[C@@]4(C3)NC(=O)[C@H](CCCCNC(=O)CC[C@@H](C(N)=O)NC(=O)[C@H](Cc3csc5ccccc35)NC(=O)[C@H](Cc3ccsc3)NC4=O)NC(=O)[C@H](Cc3ccccc3)NC(=O)[C@H](C)NC(=O)[C@H](C)NC(=O)[C@H](Cc3cccc(C(=O)O)c3)NC(=O)[C@H](CC(=O)O)NC1=O)NC(=O)[C@H](CC(C)(C)C)NC(=O)[C@H](CC(=O)O)NC2=O. The van der Waals surface area contributed by atoms with Crippen molar-refractivity contribution < 1.29 is 116 Å². The number of carboxylic acids is 3. The van der Waals surface area contributed by atoms with Crippen molar-refractivity contribution in [2.75, 3.05) is 32.8 Å². The minimum Gasteiger partial charge on any atom is -0.481 e. The Labute approximate surface area is 822 Å². The van der Waals surface area contributed by atoms with Crippen LogP contribution < -0.4 is 80.2 Å². The second-order valence-corrected chi connectivity index (χ2v) is 39.3. The number of nitrogens with two attached hydrogens (primary N) is 1. The van der Waals surface area contributed by atoms with Gasteiger partial charge in [-0.1, -0.05) is 106 Å². The Kier molecular flexibility index (Phi) is 39.2. The highest BCUT2D eigenvalue weighted by molar-refractivity contribution is 7.17. The molecule has 5 aliphatic heterocycles. The van der Waals surface area contributed by atoms with E-state index in [1.807, 2.05) is 18.2 Å². The van der Waals surface area contributed by atoms with Gasteiger partial charge in [-0.05, 0) is 196 Å². The molecule has 5 aromatic rings. The van der Waals surface area contributed by atoms with Gasteiger partial charge in [0.15, 0.2) is 0 Å². The number of hydrogen-bond donors (Lipinski definition) is 18. The molecule has 0 aliphatic carbocycles. The summed E-state index contributed by atoms with van der Waals surface area (Å²) in [6.45, 7) is 7.78. The molecule has 0 radical (unpaired) electrons. The number of thiophene rings is 2. The summed E-state index contributed by atoms with van der Waals surface area (Å²) in [5.41, 5.74) is 0.498. The number of primary amides is 1. The molecular formula is C98H127N17O24S2. The molecule has 43 heteroatoms. The Balaban J connectivity index is 1.03. The first-order chi connectivity index (χ1) is 67.0. The Bertz CT molecular complexity index is 5490. The van der Waals surface area contributed by atoms with Crippen LogP contribution in [0, 0.1) is 5.41 Å². The summed E-state index contributed by atoms with van der Waals surface area (Å²) in [4.78, 5) is 293. The van der Waals surface area contributed by atoms with Crippen LogP contribution in [0.3, 0.4) is 0 Å². The molecule has 0 saturated carbocycles. The van der Waals surface area contributed by atoms with Crippen LogP contribution in [0.25, 0.3) is 10.1 Å². The van der Waals surface area contributed by atoms with Gasteiger partial charge in [-0.25, -0.2) is 9.59 Å². The van der Waals surface area contributed by atoms with Gasteiger partial charge in [-0.15, -0.1) is 11.3 Å². The number of aliphatic carboxylic acids is 2. The lowest BCUT2D eigenvalue weighted by atomic mass is 9.83. The molecule has 3 spiro atoms. The first kappa shape index (κ1) is 109. The fourth-order valence-corrected chi connectivity index (χ4v) is 19.5. The van der Waals surface area contributed by atoms with Gasteiger partial charge in [-0.3, -0.25) is 86.3 Å². The van der Waals surface area contributed by atoms with Crippen molar-refractivity contribution >= 4 is 151 Å². The predicted molar refractivity (Wildman–Crippen MR) is 516 cm³/mol. The van der Waals surface area contributed by atoms with Crippen molar-refractivity contribution in [3.8, 4) is 0 Å². The smallest absolute Gasteiger partial charge is 0.409 e. The number of benzene rings is 3. The number of nitrogens with zero attached hydrogens (tertiary/aromatic N) is 2. The van der Waals surface area contributed by atoms with Crippen LogP contribution in [0.1, 0.15) is 203 Å². The number of allylic oxidation sites excluding steroid dienone is 3. The number of fused-ring (bicyclic) bond motifs is 4. The minimum atomic E-state index is -2.20. The van der Waals surface area contributed by atoms with Gasteiger partial charge in [0.1, 0.15) is 83.1 Å². The summed E-state index contributed by atoms with van der Waals surface area (Å²) in [6, 6.07) is 3.99. The zero-order valence-corrected chi connectivity index (χ0v) is 81.3. The van der Waals surface area contributed by atoms with Crippen molar-refractivity contribution in [3.05, 3.63) is 153 Å². The zero-order chi connectivity index (χ0) is 102. The second-order valence-electron chi connectivity index (χ2n) is 37.7. The topological polar surface area (TPSA) is 612 Å². The van der Waals surface area contributed by atoms with Gasteiger partial charge in [0.05, 0.1) is 31.6 Å². The highest BCUT2D eigenvalue weighted by atomic mass is 32.1. The lowest BCUT2D eigenvalue weighted by molar-refractivity contribution is -0.146. The Morgan fingerprint density at radius 3 is 1.69 bits per heavy atom. The quantitative estimate of drug-likeness (QED) is 0.0670. The maximum Gasteiger partial charge on any atom is 0.409 e. The summed E-state index contributed by atoms with van der Waals surface area (Å²) in [6.07, 6.45) is 1.43. The summed E-state index contributed by atoms with van der Waals surface area (Å²) in [5, 5.41) is 74.4. The normalized spacial score (nSPS) is 27.2. The summed E-state index contributed by atoms with van der Waals surface area (Å²) in [5.74, 6) is -20.1. The van der Waals surface area contributed by atoms with Crippen molar-refractivity contribution in [2.24, 2.45) is 11.1 Å². The van der Waals surface area contributed by atoms with E-state index in [9.17, 15) is 77.6 Å². The van der Waals surface area contributed by atoms with Crippen LogP contribution in [0.2, 0.25) is 0 Å². The number of aromatic carboxylic acids is 1. The third-order valence-electron chi connectivity index (χ3n) is 25.5. The number of amides is 17. The van der Waals surface area contributed by atoms with E-state index in [2.05, 4.69) is 74.4 Å². The van der Waals surface area contributed by atoms with E-state index in [1.165, 1.54) is 72.6 Å². The molecule has 760 valence electrons. The molecule has 3 fully saturated rings. The van der Waals surface area contributed by atoms with E-state index in [4.69, 9.17) is 10.5 Å². The number of carbonyl (C=O) groups is 20. The van der Waals surface area contributed by atoms with Gasteiger partial charge in [0.25, 0.3) is 0 Å². The van der Waals surface area contributed by atoms with E-state index >= 15 is 33.6 Å². The molecule has 41 nitrogen and oxygen atoms in total. The minimum absolute atomic E-state index is 0.00944. The lowest BCUT2D eigenvalue weighted by Gasteiger charge is -2.38. The number of rotatable bonds is 15. The standard InChI is InChI=1S/C98H127N17O24S2/c1-57-80(123)101-58(2)81(124)105-68(47-60-26-14-13-15-27-60)83(126)104-67-31-18-22-41-100-76(117)34-33-66(79(99)122)103-85(128)71(50-64-55-141-75-32-17-16-30-65(64)75)107-84(127)70(49-62-35-45-140-54-62)109-92(136)97(113-88(67)131)40-43-114(56-97)94(138)139-44-23-12-8-7-9-19-36-96(91(135)110-72(51-77(118)119)86(129)106-69(82(125)102-57)48-61-28-24-29-63(46-61)90(133)134)37-20-10-11-21-38-98(39-25-42-115(98)59(3)116)93(137)111-73(52-78(120)121)87(130)108-74(89(132)112-96)53-95(4,5)6/h7-8,11,13-17,21,24,26-30,32,35,45-46,54-55,57-58,66-74H,9-10,12,18-20,22-23,25,31,33-34,36-44,47-53,56H2,1-6H3,(H2,99,122)(H,100,117)(H,101,123)(H,102,125)(H,103,128)(H,104,126)(H,105,124)(H,106,129)(H,107,127)(H,108,130)(H,109,136)(H,110,135)(H,111,137)(H,112,132)(H,113,131)(H,118,119)(H,120,121)(H,133,134)/b8-7+,21-11+/t57-,58-,66-,67-,68-,69-,70-,71-,72-,73-,74-,96-,97-,98-/m0/s1. The first-order valence-electron chi connectivity index (χ1n) is 47.4. The van der Waals surface area contributed by atoms with Crippen LogP contribution in [0.5, 0.6) is 0 Å². The third-order valence-corrected chi connectivity index (χ3v) is 27.2. The Hall–Kier alpha value is -14.0. The number of nitrogens with one attached hydrogen (secondary N) is 14. The van der Waals surface area contributed by atoms with Crippen molar-refractivity contribution in [1.29, 1.82) is 0 Å². The van der Waals surface area contributed by atoms with Crippen molar-refractivity contribution in [1.82, 2.24) is 84.2 Å². The van der Waals surface area contributed by atoms with Gasteiger partial charge in [0, 0.05) is 63.4 Å². The molecule has 10 rings (SSSR count). The Morgan fingerprint density at radius 1 is 0.496 bits per heavy atom. The van der Waals surface area contributed by atoms with E-state index in [0.717, 1.165) is 15.0 Å². The first-order valence-corrected chi connectivity index (χ1v) is 49.2. The molecule has 3 aromatic carbocycles. The molecule has 14 atom stereocenters. The maximum absolute atomic E-state index is 16.0. The molecule has 0 unspecified atom stereocenters. The van der Waals surface area contributed by atoms with E-state index in [1.54, 1.807) is 104 Å². The highest BCUT2D eigenvalue weighted by Crippen LogP contribution is 2.36. The average molecular weight is 1990 g/mol. The van der Waals surface area contributed by atoms with E-state index < -0.39 is 233 Å². The van der Waals surface area contributed by atoms with Crippen LogP contribution in [0.4, 0.5) is 4.79 Å². The summed E-state index contributed by atoms with van der Waals surface area (Å²) < 4.78 is 6.72. The maximum atomic E-state index is 16.0.